The average molecular weight is 665 g/mol. The van der Waals surface area contributed by atoms with Crippen LogP contribution < -0.4 is 16.8 Å². The molecule has 0 aliphatic rings. The Kier molecular flexibility index (Phi) is 37.0. The molecule has 47 heavy (non-hydrogen) atoms. The Morgan fingerprint density at radius 1 is 0.681 bits per heavy atom. The summed E-state index contributed by atoms with van der Waals surface area (Å²) in [6.45, 7) is 6.92. The standard InChI is InChI=1S/C20H40N4O3.C18H32O2/c1-3-5-6-7-8-9-10-11-12-15-18(25)24-17(19(26)27-4-2)14-13-16-23-20(21)22;1-2-3-4-5-6-7-8-9-10-11-12-13-14-15-16-17-18(19)20/h17H,3-16H2,1-2H3,(H,24,25)(H4,21,22,23);6-7,9-10H,2-5,8,11-17H2,1H3,(H,19,20)/b;7-6+,10-9+/t17-;/m0./s1. The lowest BCUT2D eigenvalue weighted by molar-refractivity contribution is -0.147. The number of carboxylic acid groups (broad SMARTS) is 1. The van der Waals surface area contributed by atoms with Crippen LogP contribution in [0.25, 0.3) is 0 Å². The number of nitrogens with two attached hydrogens (primary N) is 2. The first-order chi connectivity index (χ1) is 22.8. The molecule has 0 radical (unpaired) electrons. The summed E-state index contributed by atoms with van der Waals surface area (Å²) in [5.41, 5.74) is 10.6. The van der Waals surface area contributed by atoms with Gasteiger partial charge in [-0.15, -0.1) is 0 Å². The number of hydrogen-bond donors (Lipinski definition) is 4. The molecule has 1 amide bonds. The van der Waals surface area contributed by atoms with Gasteiger partial charge in [0.05, 0.1) is 6.61 Å². The van der Waals surface area contributed by atoms with E-state index in [0.29, 0.717) is 32.2 Å². The van der Waals surface area contributed by atoms with Gasteiger partial charge < -0.3 is 26.6 Å². The van der Waals surface area contributed by atoms with Crippen molar-refractivity contribution in [1.82, 2.24) is 5.32 Å². The van der Waals surface area contributed by atoms with Crippen LogP contribution in [0, 0.1) is 0 Å². The number of aliphatic carboxylic acids is 1. The Bertz CT molecular complexity index is 825. The minimum atomic E-state index is -0.671. The summed E-state index contributed by atoms with van der Waals surface area (Å²) in [7, 11) is 0. The second-order valence-corrected chi connectivity index (χ2v) is 12.3. The Hall–Kier alpha value is -2.84. The van der Waals surface area contributed by atoms with Crippen LogP contribution in [0.15, 0.2) is 29.3 Å². The van der Waals surface area contributed by atoms with Crippen LogP contribution in [0.5, 0.6) is 0 Å². The van der Waals surface area contributed by atoms with Crippen LogP contribution in [0.1, 0.15) is 175 Å². The molecule has 0 saturated carbocycles. The molecule has 0 aliphatic carbocycles. The van der Waals surface area contributed by atoms with Crippen molar-refractivity contribution in [3.8, 4) is 0 Å². The van der Waals surface area contributed by atoms with Crippen molar-refractivity contribution in [2.45, 2.75) is 181 Å². The zero-order valence-electron chi connectivity index (χ0n) is 30.5. The first kappa shape index (κ1) is 46.3. The van der Waals surface area contributed by atoms with Crippen molar-refractivity contribution in [2.24, 2.45) is 16.5 Å². The van der Waals surface area contributed by atoms with Crippen LogP contribution in [0.2, 0.25) is 0 Å². The van der Waals surface area contributed by atoms with Gasteiger partial charge in [-0.2, -0.15) is 0 Å². The fraction of sp³-hybridized carbons (Fsp3) is 0.789. The number of ether oxygens (including phenoxy) is 1. The summed E-state index contributed by atoms with van der Waals surface area (Å²) < 4.78 is 5.04. The van der Waals surface area contributed by atoms with Crippen molar-refractivity contribution < 1.29 is 24.2 Å². The minimum Gasteiger partial charge on any atom is -0.481 e. The molecule has 0 heterocycles. The molecule has 0 fully saturated rings. The van der Waals surface area contributed by atoms with Crippen LogP contribution in [-0.2, 0) is 19.1 Å². The van der Waals surface area contributed by atoms with Crippen molar-refractivity contribution >= 4 is 23.8 Å². The van der Waals surface area contributed by atoms with Crippen LogP contribution >= 0.6 is 0 Å². The Balaban J connectivity index is 0. The van der Waals surface area contributed by atoms with Crippen molar-refractivity contribution in [1.29, 1.82) is 0 Å². The minimum absolute atomic E-state index is 0.0251. The second-order valence-electron chi connectivity index (χ2n) is 12.3. The first-order valence-electron chi connectivity index (χ1n) is 18.8. The smallest absolute Gasteiger partial charge is 0.328 e. The number of hydrogen-bond acceptors (Lipinski definition) is 5. The Labute approximate surface area is 287 Å². The van der Waals surface area contributed by atoms with Gasteiger partial charge >= 0.3 is 11.9 Å². The largest absolute Gasteiger partial charge is 0.481 e. The predicted octanol–water partition coefficient (Wildman–Crippen LogP) is 8.89. The molecule has 0 saturated heterocycles. The number of unbranched alkanes of at least 4 members (excludes halogenated alkanes) is 16. The average Bonchev–Trinajstić information content (AvgIpc) is 3.03. The SMILES string of the molecule is CCCCC/C=C/C/C=C/CCCCCCCC(=O)O.CCCCCCCCCCCC(=O)N[C@@H](CCCN=C(N)N)C(=O)OCC. The Morgan fingerprint density at radius 3 is 1.70 bits per heavy atom. The summed E-state index contributed by atoms with van der Waals surface area (Å²) in [4.78, 5) is 38.3. The summed E-state index contributed by atoms with van der Waals surface area (Å²) in [6.07, 6.45) is 34.6. The maximum Gasteiger partial charge on any atom is 0.328 e. The highest BCUT2D eigenvalue weighted by molar-refractivity contribution is 5.84. The van der Waals surface area contributed by atoms with E-state index in [1.807, 2.05) is 0 Å². The number of carbonyl (C=O) groups is 3. The van der Waals surface area contributed by atoms with Gasteiger partial charge in [0.1, 0.15) is 6.04 Å². The van der Waals surface area contributed by atoms with Crippen LogP contribution in [0.3, 0.4) is 0 Å². The van der Waals surface area contributed by atoms with Gasteiger partial charge in [0.25, 0.3) is 0 Å². The molecule has 274 valence electrons. The lowest BCUT2D eigenvalue weighted by atomic mass is 10.1. The summed E-state index contributed by atoms with van der Waals surface area (Å²) in [6, 6.07) is -0.634. The van der Waals surface area contributed by atoms with E-state index in [9.17, 15) is 14.4 Å². The molecule has 0 aromatic carbocycles. The van der Waals surface area contributed by atoms with E-state index in [1.165, 1.54) is 89.9 Å². The lowest BCUT2D eigenvalue weighted by Crippen LogP contribution is -2.42. The van der Waals surface area contributed by atoms with Gasteiger partial charge in [0.15, 0.2) is 5.96 Å². The zero-order valence-corrected chi connectivity index (χ0v) is 30.5. The maximum atomic E-state index is 12.1. The highest BCUT2D eigenvalue weighted by Gasteiger charge is 2.21. The number of nitrogens with zero attached hydrogens (tertiary/aromatic N) is 1. The topological polar surface area (TPSA) is 157 Å². The lowest BCUT2D eigenvalue weighted by Gasteiger charge is -2.17. The quantitative estimate of drug-likeness (QED) is 0.0189. The maximum absolute atomic E-state index is 12.1. The zero-order chi connectivity index (χ0) is 35.2. The molecule has 6 N–H and O–H groups in total. The molecule has 0 bridgehead atoms. The van der Waals surface area contributed by atoms with Gasteiger partial charge in [-0.05, 0) is 64.7 Å². The summed E-state index contributed by atoms with van der Waals surface area (Å²) in [5, 5.41) is 11.3. The highest BCUT2D eigenvalue weighted by atomic mass is 16.5. The molecule has 0 aromatic rings. The number of esters is 1. The van der Waals surface area contributed by atoms with Crippen molar-refractivity contribution in [2.75, 3.05) is 13.2 Å². The molecule has 9 heteroatoms. The fourth-order valence-corrected chi connectivity index (χ4v) is 4.95. The van der Waals surface area contributed by atoms with Crippen LogP contribution in [0.4, 0.5) is 0 Å². The number of allylic oxidation sites excluding steroid dienone is 4. The number of guanidine groups is 1. The van der Waals surface area contributed by atoms with Crippen LogP contribution in [-0.4, -0.2) is 48.1 Å². The van der Waals surface area contributed by atoms with Gasteiger partial charge in [-0.3, -0.25) is 14.6 Å². The molecule has 0 spiro atoms. The number of rotatable bonds is 31. The third kappa shape index (κ3) is 39.3. The fourth-order valence-electron chi connectivity index (χ4n) is 4.95. The first-order valence-corrected chi connectivity index (χ1v) is 18.8. The molecule has 0 aliphatic heterocycles. The van der Waals surface area contributed by atoms with Gasteiger partial charge in [0.2, 0.25) is 5.91 Å². The summed E-state index contributed by atoms with van der Waals surface area (Å²) in [5.74, 6) is -1.15. The third-order valence-electron chi connectivity index (χ3n) is 7.70. The number of aliphatic imine (C=N–C) groups is 1. The number of amides is 1. The van der Waals surface area contributed by atoms with E-state index in [-0.39, 0.29) is 18.5 Å². The van der Waals surface area contributed by atoms with E-state index in [0.717, 1.165) is 38.5 Å². The predicted molar refractivity (Wildman–Crippen MR) is 197 cm³/mol. The van der Waals surface area contributed by atoms with E-state index in [1.54, 1.807) is 6.92 Å². The molecule has 1 atom stereocenters. The number of carboxylic acids is 1. The van der Waals surface area contributed by atoms with E-state index in [4.69, 9.17) is 21.3 Å². The van der Waals surface area contributed by atoms with Crippen molar-refractivity contribution in [3.63, 3.8) is 0 Å². The molecule has 0 unspecified atom stereocenters. The molecule has 0 rings (SSSR count). The van der Waals surface area contributed by atoms with E-state index in [2.05, 4.69) is 48.5 Å². The highest BCUT2D eigenvalue weighted by Crippen LogP contribution is 2.11. The number of nitrogens with one attached hydrogen (secondary N) is 1. The monoisotopic (exact) mass is 665 g/mol. The molecule has 0 aromatic heterocycles. The second kappa shape index (κ2) is 37.6. The summed E-state index contributed by atoms with van der Waals surface area (Å²) >= 11 is 0. The van der Waals surface area contributed by atoms with E-state index >= 15 is 0 Å². The molecule has 9 nitrogen and oxygen atoms in total. The van der Waals surface area contributed by atoms with E-state index < -0.39 is 18.0 Å². The molecular weight excluding hydrogens is 592 g/mol. The third-order valence-corrected chi connectivity index (χ3v) is 7.70. The Morgan fingerprint density at radius 2 is 1.17 bits per heavy atom. The van der Waals surface area contributed by atoms with Gasteiger partial charge in [0, 0.05) is 19.4 Å². The van der Waals surface area contributed by atoms with Crippen molar-refractivity contribution in [3.05, 3.63) is 24.3 Å². The number of carbonyl (C=O) groups excluding carboxylic acids is 2. The van der Waals surface area contributed by atoms with Gasteiger partial charge in [-0.25, -0.2) is 4.79 Å². The van der Waals surface area contributed by atoms with Gasteiger partial charge in [-0.1, -0.05) is 122 Å². The normalized spacial score (nSPS) is 11.6. The molecular formula is C38H72N4O5.